The van der Waals surface area contributed by atoms with Gasteiger partial charge in [-0.3, -0.25) is 19.8 Å². The molecule has 1 N–H and O–H groups in total. The van der Waals surface area contributed by atoms with E-state index < -0.39 is 10.8 Å². The highest BCUT2D eigenvalue weighted by atomic mass is 35.5. The van der Waals surface area contributed by atoms with Crippen LogP contribution in [0.15, 0.2) is 42.5 Å². The van der Waals surface area contributed by atoms with Gasteiger partial charge in [-0.2, -0.15) is 0 Å². The Morgan fingerprint density at radius 1 is 1.21 bits per heavy atom. The number of amides is 1. The lowest BCUT2D eigenvalue weighted by molar-refractivity contribution is -0.384. The summed E-state index contributed by atoms with van der Waals surface area (Å²) in [7, 11) is 0. The molecule has 0 atom stereocenters. The van der Waals surface area contributed by atoms with Crippen LogP contribution < -0.4 is 5.32 Å². The summed E-state index contributed by atoms with van der Waals surface area (Å²) in [6, 6.07) is 12.0. The number of piperidine rings is 1. The van der Waals surface area contributed by atoms with Gasteiger partial charge < -0.3 is 5.32 Å². The van der Waals surface area contributed by atoms with Crippen molar-refractivity contribution in [3.63, 3.8) is 0 Å². The van der Waals surface area contributed by atoms with Crippen LogP contribution in [0.4, 0.5) is 5.69 Å². The van der Waals surface area contributed by atoms with E-state index in [0.29, 0.717) is 6.54 Å². The number of halogens is 1. The fourth-order valence-corrected chi connectivity index (χ4v) is 3.60. The van der Waals surface area contributed by atoms with Gasteiger partial charge in [-0.15, -0.1) is 0 Å². The molecule has 1 fully saturated rings. The zero-order valence-corrected chi connectivity index (χ0v) is 16.6. The second kappa shape index (κ2) is 9.17. The van der Waals surface area contributed by atoms with Gasteiger partial charge in [0.2, 0.25) is 0 Å². The van der Waals surface area contributed by atoms with Crippen molar-refractivity contribution in [3.8, 4) is 0 Å². The number of non-ortho nitro benzene ring substituents is 1. The zero-order valence-electron chi connectivity index (χ0n) is 15.9. The van der Waals surface area contributed by atoms with E-state index in [4.69, 9.17) is 11.6 Å². The lowest BCUT2D eigenvalue weighted by atomic mass is 9.98. The third kappa shape index (κ3) is 5.30. The lowest BCUT2D eigenvalue weighted by Gasteiger charge is -2.30. The van der Waals surface area contributed by atoms with Crippen molar-refractivity contribution in [2.45, 2.75) is 32.9 Å². The molecule has 3 rings (SSSR count). The molecule has 1 heterocycles. The van der Waals surface area contributed by atoms with Gasteiger partial charge in [0, 0.05) is 25.2 Å². The molecule has 0 saturated carbocycles. The normalized spacial score (nSPS) is 15.4. The van der Waals surface area contributed by atoms with Crippen LogP contribution in [-0.4, -0.2) is 28.8 Å². The number of likely N-dealkylation sites (tertiary alicyclic amines) is 1. The van der Waals surface area contributed by atoms with Gasteiger partial charge in [-0.25, -0.2) is 0 Å². The van der Waals surface area contributed by atoms with Crippen LogP contribution in [0, 0.1) is 16.0 Å². The molecular formula is C21H24ClN3O3. The molecule has 0 aliphatic carbocycles. The van der Waals surface area contributed by atoms with E-state index in [1.165, 1.54) is 36.6 Å². The van der Waals surface area contributed by atoms with Crippen molar-refractivity contribution in [2.75, 3.05) is 13.1 Å². The van der Waals surface area contributed by atoms with Gasteiger partial charge >= 0.3 is 0 Å². The Bertz CT molecular complexity index is 864. The van der Waals surface area contributed by atoms with Gasteiger partial charge in [0.1, 0.15) is 0 Å². The largest absolute Gasteiger partial charge is 0.348 e. The Labute approximate surface area is 169 Å². The maximum atomic E-state index is 12.4. The molecule has 1 saturated heterocycles. The van der Waals surface area contributed by atoms with Crippen LogP contribution in [0.1, 0.15) is 41.3 Å². The highest BCUT2D eigenvalue weighted by molar-refractivity contribution is 6.33. The van der Waals surface area contributed by atoms with E-state index in [9.17, 15) is 14.9 Å². The third-order valence-electron chi connectivity index (χ3n) is 5.13. The second-order valence-corrected chi connectivity index (χ2v) is 7.79. The Balaban J connectivity index is 1.61. The Kier molecular flexibility index (Phi) is 6.65. The summed E-state index contributed by atoms with van der Waals surface area (Å²) in [6.07, 6.45) is 2.47. The number of benzene rings is 2. The summed E-state index contributed by atoms with van der Waals surface area (Å²) < 4.78 is 0. The molecule has 148 valence electrons. The molecular weight excluding hydrogens is 378 g/mol. The molecule has 2 aromatic rings. The maximum Gasteiger partial charge on any atom is 0.270 e. The molecule has 1 amide bonds. The predicted octanol–water partition coefficient (Wildman–Crippen LogP) is 4.41. The molecule has 0 radical (unpaired) electrons. The first-order chi connectivity index (χ1) is 13.4. The van der Waals surface area contributed by atoms with E-state index in [1.807, 2.05) is 12.1 Å². The molecule has 28 heavy (non-hydrogen) atoms. The maximum absolute atomic E-state index is 12.4. The predicted molar refractivity (Wildman–Crippen MR) is 109 cm³/mol. The zero-order chi connectivity index (χ0) is 20.1. The number of nitro benzene ring substituents is 1. The number of nitro groups is 1. The Morgan fingerprint density at radius 2 is 1.93 bits per heavy atom. The van der Waals surface area contributed by atoms with Crippen molar-refractivity contribution in [2.24, 2.45) is 5.92 Å². The first-order valence-corrected chi connectivity index (χ1v) is 9.82. The molecule has 0 aromatic heterocycles. The molecule has 7 heteroatoms. The molecule has 1 aliphatic heterocycles. The molecule has 6 nitrogen and oxygen atoms in total. The monoisotopic (exact) mass is 401 g/mol. The van der Waals surface area contributed by atoms with Crippen LogP contribution in [0.2, 0.25) is 5.02 Å². The highest BCUT2D eigenvalue weighted by Crippen LogP contribution is 2.22. The van der Waals surface area contributed by atoms with Gasteiger partial charge in [0.25, 0.3) is 11.6 Å². The van der Waals surface area contributed by atoms with E-state index in [0.717, 1.165) is 31.1 Å². The topological polar surface area (TPSA) is 75.5 Å². The minimum Gasteiger partial charge on any atom is -0.348 e. The molecule has 0 bridgehead atoms. The van der Waals surface area contributed by atoms with Crippen LogP contribution in [0.25, 0.3) is 0 Å². The standard InChI is InChI=1S/C21H24ClN3O3/c1-15-7-9-24(10-8-15)14-17-4-2-3-16(11-17)13-23-21(26)19-12-18(25(27)28)5-6-20(19)22/h2-6,11-12,15H,7-10,13-14H2,1H3,(H,23,26). The molecule has 1 aliphatic rings. The van der Waals surface area contributed by atoms with Crippen molar-refractivity contribution >= 4 is 23.2 Å². The van der Waals surface area contributed by atoms with E-state index in [2.05, 4.69) is 29.3 Å². The summed E-state index contributed by atoms with van der Waals surface area (Å²) in [5.74, 6) is 0.377. The summed E-state index contributed by atoms with van der Waals surface area (Å²) in [5, 5.41) is 13.9. The van der Waals surface area contributed by atoms with Crippen LogP contribution >= 0.6 is 11.6 Å². The minimum absolute atomic E-state index is 0.106. The lowest BCUT2D eigenvalue weighted by Crippen LogP contribution is -2.32. The first kappa shape index (κ1) is 20.3. The number of hydrogen-bond acceptors (Lipinski definition) is 4. The fourth-order valence-electron chi connectivity index (χ4n) is 3.39. The van der Waals surface area contributed by atoms with Crippen LogP contribution in [-0.2, 0) is 13.1 Å². The summed E-state index contributed by atoms with van der Waals surface area (Å²) in [6.45, 7) is 5.78. The van der Waals surface area contributed by atoms with Crippen molar-refractivity contribution < 1.29 is 9.72 Å². The van der Waals surface area contributed by atoms with Crippen LogP contribution in [0.3, 0.4) is 0 Å². The minimum atomic E-state index is -0.544. The van der Waals surface area contributed by atoms with Gasteiger partial charge in [-0.05, 0) is 49.0 Å². The summed E-state index contributed by atoms with van der Waals surface area (Å²) in [5.41, 5.74) is 2.15. The van der Waals surface area contributed by atoms with Crippen molar-refractivity contribution in [1.29, 1.82) is 0 Å². The first-order valence-electron chi connectivity index (χ1n) is 9.44. The number of rotatable bonds is 6. The number of nitrogens with one attached hydrogen (secondary N) is 1. The van der Waals surface area contributed by atoms with Crippen molar-refractivity contribution in [1.82, 2.24) is 10.2 Å². The fraction of sp³-hybridized carbons (Fsp3) is 0.381. The third-order valence-corrected chi connectivity index (χ3v) is 5.46. The second-order valence-electron chi connectivity index (χ2n) is 7.38. The number of nitrogens with zero attached hydrogens (tertiary/aromatic N) is 2. The van der Waals surface area contributed by atoms with Crippen LogP contribution in [0.5, 0.6) is 0 Å². The van der Waals surface area contributed by atoms with E-state index in [-0.39, 0.29) is 16.3 Å². The SMILES string of the molecule is CC1CCN(Cc2cccc(CNC(=O)c3cc([N+](=O)[O-])ccc3Cl)c2)CC1. The quantitative estimate of drug-likeness (QED) is 0.574. The molecule has 0 spiro atoms. The average Bonchev–Trinajstić information content (AvgIpc) is 2.68. The van der Waals surface area contributed by atoms with E-state index >= 15 is 0 Å². The highest BCUT2D eigenvalue weighted by Gasteiger charge is 2.17. The van der Waals surface area contributed by atoms with Crippen molar-refractivity contribution in [3.05, 3.63) is 74.3 Å². The Hall–Kier alpha value is -2.44. The van der Waals surface area contributed by atoms with Gasteiger partial charge in [0.15, 0.2) is 0 Å². The summed E-state index contributed by atoms with van der Waals surface area (Å²) in [4.78, 5) is 25.2. The number of carbonyl (C=O) groups excluding carboxylic acids is 1. The molecule has 2 aromatic carbocycles. The molecule has 0 unspecified atom stereocenters. The Morgan fingerprint density at radius 3 is 2.64 bits per heavy atom. The van der Waals surface area contributed by atoms with E-state index in [1.54, 1.807) is 0 Å². The van der Waals surface area contributed by atoms with Gasteiger partial charge in [0.05, 0.1) is 15.5 Å². The number of hydrogen-bond donors (Lipinski definition) is 1. The average molecular weight is 402 g/mol. The summed E-state index contributed by atoms with van der Waals surface area (Å²) >= 11 is 6.03. The van der Waals surface area contributed by atoms with Gasteiger partial charge in [-0.1, -0.05) is 42.8 Å². The number of carbonyl (C=O) groups is 1. The smallest absolute Gasteiger partial charge is 0.270 e.